The molecular weight excluding hydrogens is 254 g/mol. The first-order valence-electron chi connectivity index (χ1n) is 6.17. The summed E-state index contributed by atoms with van der Waals surface area (Å²) in [5.41, 5.74) is 7.60. The van der Waals surface area contributed by atoms with E-state index in [1.165, 1.54) is 0 Å². The molecule has 1 heterocycles. The topological polar surface area (TPSA) is 85.1 Å². The molecule has 0 aliphatic rings. The standard InChI is InChI=1S/C15H15N3O2/c1-10-4-2-7-13(18-10)15(20)17-9-11-5-3-6-12(8-11)14(16)19/h2-8H,9H2,1H3,(H2,16,19)(H,17,20). The van der Waals surface area contributed by atoms with Gasteiger partial charge in [-0.25, -0.2) is 4.98 Å². The number of benzene rings is 1. The highest BCUT2D eigenvalue weighted by atomic mass is 16.2. The number of nitrogens with one attached hydrogen (secondary N) is 1. The third-order valence-electron chi connectivity index (χ3n) is 2.79. The fourth-order valence-corrected chi connectivity index (χ4v) is 1.78. The van der Waals surface area contributed by atoms with E-state index in [4.69, 9.17) is 5.73 Å². The molecule has 102 valence electrons. The van der Waals surface area contributed by atoms with E-state index in [1.54, 1.807) is 30.3 Å². The maximum Gasteiger partial charge on any atom is 0.270 e. The van der Waals surface area contributed by atoms with Gasteiger partial charge < -0.3 is 11.1 Å². The number of aromatic nitrogens is 1. The van der Waals surface area contributed by atoms with Crippen LogP contribution in [0.15, 0.2) is 42.5 Å². The molecule has 0 bridgehead atoms. The van der Waals surface area contributed by atoms with Gasteiger partial charge in [0, 0.05) is 17.8 Å². The van der Waals surface area contributed by atoms with Crippen LogP contribution in [0.25, 0.3) is 0 Å². The molecule has 5 nitrogen and oxygen atoms in total. The van der Waals surface area contributed by atoms with Crippen molar-refractivity contribution in [1.82, 2.24) is 10.3 Å². The van der Waals surface area contributed by atoms with Crippen molar-refractivity contribution >= 4 is 11.8 Å². The van der Waals surface area contributed by atoms with E-state index in [-0.39, 0.29) is 5.91 Å². The van der Waals surface area contributed by atoms with Gasteiger partial charge in [0.2, 0.25) is 5.91 Å². The Labute approximate surface area is 116 Å². The minimum Gasteiger partial charge on any atom is -0.366 e. The maximum atomic E-state index is 11.9. The lowest BCUT2D eigenvalue weighted by molar-refractivity contribution is 0.0945. The SMILES string of the molecule is Cc1cccc(C(=O)NCc2cccc(C(N)=O)c2)n1. The molecule has 2 amide bonds. The van der Waals surface area contributed by atoms with Gasteiger partial charge in [-0.3, -0.25) is 9.59 Å². The van der Waals surface area contributed by atoms with Crippen LogP contribution in [0.1, 0.15) is 32.1 Å². The summed E-state index contributed by atoms with van der Waals surface area (Å²) in [7, 11) is 0. The molecule has 5 heteroatoms. The highest BCUT2D eigenvalue weighted by molar-refractivity contribution is 5.93. The van der Waals surface area contributed by atoms with Crippen molar-refractivity contribution in [2.45, 2.75) is 13.5 Å². The number of hydrogen-bond acceptors (Lipinski definition) is 3. The molecular formula is C15H15N3O2. The minimum atomic E-state index is -0.487. The molecule has 1 aromatic carbocycles. The highest BCUT2D eigenvalue weighted by Crippen LogP contribution is 2.05. The van der Waals surface area contributed by atoms with Crippen LogP contribution in [-0.4, -0.2) is 16.8 Å². The molecule has 0 aliphatic carbocycles. The van der Waals surface area contributed by atoms with Gasteiger partial charge in [0.05, 0.1) is 0 Å². The van der Waals surface area contributed by atoms with Crippen molar-refractivity contribution in [3.63, 3.8) is 0 Å². The Morgan fingerprint density at radius 2 is 1.95 bits per heavy atom. The molecule has 3 N–H and O–H groups in total. The van der Waals surface area contributed by atoms with Crippen LogP contribution in [0.2, 0.25) is 0 Å². The summed E-state index contributed by atoms with van der Waals surface area (Å²) in [6, 6.07) is 12.1. The predicted molar refractivity (Wildman–Crippen MR) is 75.1 cm³/mol. The molecule has 2 rings (SSSR count). The molecule has 0 aliphatic heterocycles. The Balaban J connectivity index is 2.03. The Morgan fingerprint density at radius 3 is 2.65 bits per heavy atom. The second kappa shape index (κ2) is 5.97. The number of nitrogens with two attached hydrogens (primary N) is 1. The molecule has 0 unspecified atom stereocenters. The number of carbonyl (C=O) groups is 2. The Kier molecular flexibility index (Phi) is 4.10. The zero-order valence-corrected chi connectivity index (χ0v) is 11.1. The van der Waals surface area contributed by atoms with E-state index in [9.17, 15) is 9.59 Å². The fraction of sp³-hybridized carbons (Fsp3) is 0.133. The van der Waals surface area contributed by atoms with Crippen molar-refractivity contribution < 1.29 is 9.59 Å². The van der Waals surface area contributed by atoms with Gasteiger partial charge in [-0.2, -0.15) is 0 Å². The van der Waals surface area contributed by atoms with Gasteiger partial charge in [0.15, 0.2) is 0 Å². The van der Waals surface area contributed by atoms with Gasteiger partial charge >= 0.3 is 0 Å². The zero-order valence-electron chi connectivity index (χ0n) is 11.1. The quantitative estimate of drug-likeness (QED) is 0.880. The van der Waals surface area contributed by atoms with Gasteiger partial charge in [-0.15, -0.1) is 0 Å². The normalized spacial score (nSPS) is 10.1. The summed E-state index contributed by atoms with van der Waals surface area (Å²) >= 11 is 0. The van der Waals surface area contributed by atoms with Gasteiger partial charge in [0.25, 0.3) is 5.91 Å². The average Bonchev–Trinajstić information content (AvgIpc) is 2.45. The summed E-state index contributed by atoms with van der Waals surface area (Å²) in [4.78, 5) is 27.1. The molecule has 0 fully saturated rings. The monoisotopic (exact) mass is 269 g/mol. The molecule has 1 aromatic heterocycles. The van der Waals surface area contributed by atoms with E-state index in [1.807, 2.05) is 19.1 Å². The molecule has 0 saturated heterocycles. The van der Waals surface area contributed by atoms with Crippen LogP contribution in [0, 0.1) is 6.92 Å². The summed E-state index contributed by atoms with van der Waals surface area (Å²) in [5.74, 6) is -0.739. The highest BCUT2D eigenvalue weighted by Gasteiger charge is 2.07. The summed E-state index contributed by atoms with van der Waals surface area (Å²) in [6.07, 6.45) is 0. The first kappa shape index (κ1) is 13.7. The van der Waals surface area contributed by atoms with E-state index in [0.29, 0.717) is 17.8 Å². The second-order valence-corrected chi connectivity index (χ2v) is 4.41. The van der Waals surface area contributed by atoms with Crippen molar-refractivity contribution in [3.8, 4) is 0 Å². The average molecular weight is 269 g/mol. The second-order valence-electron chi connectivity index (χ2n) is 4.41. The van der Waals surface area contributed by atoms with Crippen LogP contribution in [0.5, 0.6) is 0 Å². The lowest BCUT2D eigenvalue weighted by Crippen LogP contribution is -2.24. The number of nitrogens with zero attached hydrogens (tertiary/aromatic N) is 1. The molecule has 0 spiro atoms. The molecule has 2 aromatic rings. The van der Waals surface area contributed by atoms with E-state index >= 15 is 0 Å². The largest absolute Gasteiger partial charge is 0.366 e. The first-order chi connectivity index (χ1) is 9.56. The number of carbonyl (C=O) groups excluding carboxylic acids is 2. The van der Waals surface area contributed by atoms with Crippen molar-refractivity contribution in [1.29, 1.82) is 0 Å². The first-order valence-corrected chi connectivity index (χ1v) is 6.17. The lowest BCUT2D eigenvalue weighted by atomic mass is 10.1. The van der Waals surface area contributed by atoms with E-state index in [0.717, 1.165) is 11.3 Å². The maximum absolute atomic E-state index is 11.9. The number of rotatable bonds is 4. The summed E-state index contributed by atoms with van der Waals surface area (Å²) in [5, 5.41) is 2.76. The van der Waals surface area contributed by atoms with Crippen LogP contribution in [0.4, 0.5) is 0 Å². The minimum absolute atomic E-state index is 0.252. The predicted octanol–water partition coefficient (Wildman–Crippen LogP) is 1.42. The van der Waals surface area contributed by atoms with Gasteiger partial charge in [0.1, 0.15) is 5.69 Å². The van der Waals surface area contributed by atoms with Crippen molar-refractivity contribution in [2.75, 3.05) is 0 Å². The van der Waals surface area contributed by atoms with E-state index in [2.05, 4.69) is 10.3 Å². The molecule has 0 atom stereocenters. The Hall–Kier alpha value is -2.69. The molecule has 20 heavy (non-hydrogen) atoms. The smallest absolute Gasteiger partial charge is 0.270 e. The summed E-state index contributed by atoms with van der Waals surface area (Å²) in [6.45, 7) is 2.14. The van der Waals surface area contributed by atoms with Crippen molar-refractivity contribution in [3.05, 3.63) is 65.0 Å². The Bertz CT molecular complexity index is 653. The van der Waals surface area contributed by atoms with Gasteiger partial charge in [-0.1, -0.05) is 18.2 Å². The van der Waals surface area contributed by atoms with Gasteiger partial charge in [-0.05, 0) is 36.8 Å². The number of hydrogen-bond donors (Lipinski definition) is 2. The van der Waals surface area contributed by atoms with Crippen LogP contribution in [-0.2, 0) is 6.54 Å². The summed E-state index contributed by atoms with van der Waals surface area (Å²) < 4.78 is 0. The fourth-order valence-electron chi connectivity index (χ4n) is 1.78. The lowest BCUT2D eigenvalue weighted by Gasteiger charge is -2.06. The number of primary amides is 1. The number of pyridine rings is 1. The third-order valence-corrected chi connectivity index (χ3v) is 2.79. The van der Waals surface area contributed by atoms with E-state index < -0.39 is 5.91 Å². The molecule has 0 radical (unpaired) electrons. The number of amides is 2. The molecule has 0 saturated carbocycles. The van der Waals surface area contributed by atoms with Crippen LogP contribution < -0.4 is 11.1 Å². The Morgan fingerprint density at radius 1 is 1.20 bits per heavy atom. The zero-order chi connectivity index (χ0) is 14.5. The van der Waals surface area contributed by atoms with Crippen LogP contribution in [0.3, 0.4) is 0 Å². The van der Waals surface area contributed by atoms with Crippen molar-refractivity contribution in [2.24, 2.45) is 5.73 Å². The van der Waals surface area contributed by atoms with Crippen LogP contribution >= 0.6 is 0 Å². The number of aryl methyl sites for hydroxylation is 1. The third kappa shape index (κ3) is 3.41.